The van der Waals surface area contributed by atoms with Gasteiger partial charge in [0.25, 0.3) is 17.5 Å². The lowest BCUT2D eigenvalue weighted by Gasteiger charge is -2.38. The zero-order valence-electron chi connectivity index (χ0n) is 45.5. The summed E-state index contributed by atoms with van der Waals surface area (Å²) in [6, 6.07) is 8.27. The van der Waals surface area contributed by atoms with Gasteiger partial charge in [0, 0.05) is 36.5 Å². The van der Waals surface area contributed by atoms with Crippen LogP contribution in [0.2, 0.25) is 18.1 Å². The molecule has 4 amide bonds. The highest BCUT2D eigenvalue weighted by Gasteiger charge is 2.41. The fourth-order valence-electron chi connectivity index (χ4n) is 7.79. The number of nitrogens with one attached hydrogen (secondary N) is 2. The number of methoxy groups -OCH3 is 2. The molecule has 0 bridgehead atoms. The number of likely N-dealkylation sites (tertiary alicyclic amines) is 2. The molecule has 2 aliphatic heterocycles. The highest BCUT2D eigenvalue weighted by atomic mass is 33.1. The molecular formula is C53H74N6O14S2Si. The maximum absolute atomic E-state index is 14.6. The summed E-state index contributed by atoms with van der Waals surface area (Å²) in [7, 11) is 3.40. The Balaban J connectivity index is 1.28. The second kappa shape index (κ2) is 26.8. The Morgan fingerprint density at radius 2 is 1.36 bits per heavy atom. The minimum Gasteiger partial charge on any atom is -0.493 e. The van der Waals surface area contributed by atoms with E-state index in [1.807, 2.05) is 6.92 Å². The lowest BCUT2D eigenvalue weighted by molar-refractivity contribution is -0.385. The van der Waals surface area contributed by atoms with E-state index in [0.717, 1.165) is 11.1 Å². The van der Waals surface area contributed by atoms with Crippen LogP contribution in [0.3, 0.4) is 0 Å². The molecular weight excluding hydrogens is 1040 g/mol. The lowest BCUT2D eigenvalue weighted by Crippen LogP contribution is -2.46. The number of aliphatic hydroxyl groups is 1. The topological polar surface area (TPSA) is 240 Å². The summed E-state index contributed by atoms with van der Waals surface area (Å²) in [6.07, 6.45) is 2.40. The molecule has 416 valence electrons. The smallest absolute Gasteiger partial charge is 0.412 e. The van der Waals surface area contributed by atoms with Gasteiger partial charge in [0.1, 0.15) is 23.4 Å². The standard InChI is InChI=1S/C53H74N6O14S2Si/c1-33-21-37(30-60)57(28-33)48(61)40-24-44(68-11)46(26-42(40)56-51(64)73-52(4,5)6)70-20-16-14-15-19-69-45-25-41(55-50(63)71-31-35(3)74-75-47-18-17-36(27-54-47)59(65)66)39(23-43(45)67-10)49(62)58-29-34(2)22-38(58)32-72-76(12,13)53(7,8)9/h17-18,23-27,35,37-38,60H,1-2,14-16,19-22,28-32H2,3-13H3,(H,55,63)(H,56,64)/t35-,37+,38+/m1/s1. The molecule has 2 aliphatic rings. The molecule has 5 rings (SSSR count). The van der Waals surface area contributed by atoms with E-state index in [-0.39, 0.29) is 106 Å². The van der Waals surface area contributed by atoms with Gasteiger partial charge in [0.15, 0.2) is 31.3 Å². The number of hydrogen-bond donors (Lipinski definition) is 3. The number of pyridine rings is 1. The summed E-state index contributed by atoms with van der Waals surface area (Å²) in [5.74, 6) is 0.293. The van der Waals surface area contributed by atoms with Crippen molar-refractivity contribution in [2.24, 2.45) is 0 Å². The molecule has 0 radical (unpaired) electrons. The zero-order chi connectivity index (χ0) is 56.1. The summed E-state index contributed by atoms with van der Waals surface area (Å²) in [5, 5.41) is 26.8. The van der Waals surface area contributed by atoms with Crippen LogP contribution in [0.5, 0.6) is 23.0 Å². The molecule has 2 saturated heterocycles. The molecule has 0 aliphatic carbocycles. The van der Waals surface area contributed by atoms with Crippen molar-refractivity contribution in [3.8, 4) is 23.0 Å². The Morgan fingerprint density at radius 3 is 1.83 bits per heavy atom. The fraction of sp³-hybridized carbons (Fsp3) is 0.528. The molecule has 23 heteroatoms. The molecule has 2 aromatic carbocycles. The Bertz CT molecular complexity index is 2590. The van der Waals surface area contributed by atoms with Crippen molar-refractivity contribution in [2.45, 2.75) is 127 Å². The number of nitro groups is 1. The summed E-state index contributed by atoms with van der Waals surface area (Å²) in [4.78, 5) is 72.9. The van der Waals surface area contributed by atoms with Gasteiger partial charge in [-0.15, -0.1) is 0 Å². The predicted molar refractivity (Wildman–Crippen MR) is 297 cm³/mol. The quantitative estimate of drug-likeness (QED) is 0.0189. The van der Waals surface area contributed by atoms with Crippen molar-refractivity contribution in [2.75, 3.05) is 71.0 Å². The summed E-state index contributed by atoms with van der Waals surface area (Å²) < 4.78 is 41.5. The van der Waals surface area contributed by atoms with Crippen LogP contribution in [0.15, 0.2) is 71.9 Å². The molecule has 3 atom stereocenters. The molecule has 2 fully saturated rings. The molecule has 0 saturated carbocycles. The van der Waals surface area contributed by atoms with Crippen LogP contribution in [-0.4, -0.2) is 140 Å². The van der Waals surface area contributed by atoms with E-state index in [9.17, 15) is 34.4 Å². The highest BCUT2D eigenvalue weighted by molar-refractivity contribution is 8.76. The third-order valence-electron chi connectivity index (χ3n) is 12.8. The third-order valence-corrected chi connectivity index (χ3v) is 20.1. The molecule has 20 nitrogen and oxygen atoms in total. The molecule has 0 unspecified atom stereocenters. The summed E-state index contributed by atoms with van der Waals surface area (Å²) in [6.45, 7) is 27.1. The van der Waals surface area contributed by atoms with Crippen LogP contribution in [0.25, 0.3) is 0 Å². The largest absolute Gasteiger partial charge is 0.493 e. The van der Waals surface area contributed by atoms with E-state index < -0.39 is 43.0 Å². The van der Waals surface area contributed by atoms with Gasteiger partial charge >= 0.3 is 12.2 Å². The van der Waals surface area contributed by atoms with Gasteiger partial charge in [0.2, 0.25) is 0 Å². The number of anilines is 2. The Hall–Kier alpha value is -6.01. The van der Waals surface area contributed by atoms with Gasteiger partial charge in [0.05, 0.1) is 80.2 Å². The van der Waals surface area contributed by atoms with Crippen LogP contribution < -0.4 is 29.6 Å². The van der Waals surface area contributed by atoms with Crippen molar-refractivity contribution in [1.29, 1.82) is 0 Å². The molecule has 1 aromatic heterocycles. The molecule has 0 spiro atoms. The number of amides is 4. The summed E-state index contributed by atoms with van der Waals surface area (Å²) >= 11 is 0. The van der Waals surface area contributed by atoms with Crippen LogP contribution in [-0.2, 0) is 13.9 Å². The summed E-state index contributed by atoms with van der Waals surface area (Å²) in [5.41, 5.74) is 1.31. The Kier molecular flexibility index (Phi) is 21.5. The van der Waals surface area contributed by atoms with E-state index in [1.54, 1.807) is 43.9 Å². The van der Waals surface area contributed by atoms with Gasteiger partial charge in [-0.2, -0.15) is 0 Å². The average molecular weight is 1110 g/mol. The minimum absolute atomic E-state index is 0.00889. The van der Waals surface area contributed by atoms with E-state index in [2.05, 4.69) is 62.6 Å². The first-order chi connectivity index (χ1) is 35.7. The number of unbranched alkanes of at least 4 members (excludes halogenated alkanes) is 2. The number of nitrogens with zero attached hydrogens (tertiary/aromatic N) is 4. The second-order valence-corrected chi connectivity index (χ2v) is 28.6. The number of aliphatic hydroxyl groups excluding tert-OH is 1. The van der Waals surface area contributed by atoms with Crippen LogP contribution >= 0.6 is 21.6 Å². The van der Waals surface area contributed by atoms with Crippen LogP contribution in [0, 0.1) is 10.1 Å². The molecule has 3 heterocycles. The van der Waals surface area contributed by atoms with Crippen molar-refractivity contribution >= 4 is 71.0 Å². The van der Waals surface area contributed by atoms with E-state index in [4.69, 9.17) is 32.8 Å². The van der Waals surface area contributed by atoms with Crippen LogP contribution in [0.4, 0.5) is 26.7 Å². The maximum Gasteiger partial charge on any atom is 0.412 e. The number of carbonyl (C=O) groups is 4. The predicted octanol–water partition coefficient (Wildman–Crippen LogP) is 10.9. The van der Waals surface area contributed by atoms with Crippen molar-refractivity contribution in [3.63, 3.8) is 0 Å². The monoisotopic (exact) mass is 1110 g/mol. The molecule has 76 heavy (non-hydrogen) atoms. The first-order valence-corrected chi connectivity index (χ1v) is 30.1. The van der Waals surface area contributed by atoms with Gasteiger partial charge in [-0.1, -0.05) is 55.9 Å². The third kappa shape index (κ3) is 17.0. The first kappa shape index (κ1) is 60.8. The zero-order valence-corrected chi connectivity index (χ0v) is 48.2. The van der Waals surface area contributed by atoms with Crippen LogP contribution in [0.1, 0.15) is 101 Å². The highest BCUT2D eigenvalue weighted by Crippen LogP contribution is 2.41. The second-order valence-electron chi connectivity index (χ2n) is 21.1. The number of hydrogen-bond acceptors (Lipinski definition) is 17. The lowest BCUT2D eigenvalue weighted by atomic mass is 10.1. The van der Waals surface area contributed by atoms with E-state index >= 15 is 0 Å². The minimum atomic E-state index is -2.17. The van der Waals surface area contributed by atoms with Gasteiger partial charge < -0.3 is 47.8 Å². The van der Waals surface area contributed by atoms with Crippen molar-refractivity contribution in [3.05, 3.63) is 88.1 Å². The number of rotatable bonds is 24. The first-order valence-electron chi connectivity index (χ1n) is 25.0. The SMILES string of the molecule is C=C1C[C@@H](CO[Si](C)(C)C(C)(C)C)N(C(=O)c2cc(OC)c(OCCCCCOc3cc(NC(=O)OC(C)(C)C)c(C(=O)N4CC(=C)C[C@H]4CO)cc3OC)cc2NC(=O)OC[C@@H](C)SSc2ccc([N+](=O)[O-])cn2)C1. The van der Waals surface area contributed by atoms with E-state index in [1.165, 1.54) is 65.1 Å². The number of benzene rings is 2. The van der Waals surface area contributed by atoms with Gasteiger partial charge in [-0.05, 0) is 107 Å². The Labute approximate surface area is 454 Å². The normalized spacial score (nSPS) is 16.3. The number of carbonyl (C=O) groups excluding carboxylic acids is 4. The van der Waals surface area contributed by atoms with Crippen molar-refractivity contribution in [1.82, 2.24) is 14.8 Å². The average Bonchev–Trinajstić information content (AvgIpc) is 3.93. The molecule has 3 aromatic rings. The number of ether oxygens (including phenoxy) is 6. The molecule has 3 N–H and O–H groups in total. The fourth-order valence-corrected chi connectivity index (χ4v) is 10.7. The van der Waals surface area contributed by atoms with Gasteiger partial charge in [-0.3, -0.25) is 30.3 Å². The van der Waals surface area contributed by atoms with Crippen molar-refractivity contribution < 1.29 is 62.1 Å². The number of aromatic nitrogens is 1. The van der Waals surface area contributed by atoms with Gasteiger partial charge in [-0.25, -0.2) is 14.6 Å². The maximum atomic E-state index is 14.6. The Morgan fingerprint density at radius 1 is 0.829 bits per heavy atom. The van der Waals surface area contributed by atoms with E-state index in [0.29, 0.717) is 50.3 Å².